The summed E-state index contributed by atoms with van der Waals surface area (Å²) in [5.41, 5.74) is 1.36. The van der Waals surface area contributed by atoms with Crippen molar-refractivity contribution in [3.63, 3.8) is 0 Å². The molecule has 1 aromatic heterocycles. The van der Waals surface area contributed by atoms with Crippen LogP contribution in [0.3, 0.4) is 0 Å². The van der Waals surface area contributed by atoms with E-state index < -0.39 is 5.97 Å². The van der Waals surface area contributed by atoms with Crippen LogP contribution in [-0.4, -0.2) is 34.6 Å². The van der Waals surface area contributed by atoms with E-state index in [1.165, 1.54) is 17.0 Å². The van der Waals surface area contributed by atoms with Crippen LogP contribution in [0.1, 0.15) is 0 Å². The van der Waals surface area contributed by atoms with Crippen LogP contribution in [0.2, 0.25) is 0 Å². The summed E-state index contributed by atoms with van der Waals surface area (Å²) in [7, 11) is 1.60. The van der Waals surface area contributed by atoms with Gasteiger partial charge in [-0.2, -0.15) is 0 Å². The zero-order valence-electron chi connectivity index (χ0n) is 10.2. The van der Waals surface area contributed by atoms with Crippen LogP contribution >= 0.6 is 0 Å². The molecule has 0 bridgehead atoms. The number of carboxylic acids is 1. The van der Waals surface area contributed by atoms with Crippen molar-refractivity contribution in [3.05, 3.63) is 42.3 Å². The van der Waals surface area contributed by atoms with Crippen molar-refractivity contribution >= 4 is 11.9 Å². The topological polar surface area (TPSA) is 66.3 Å². The minimum absolute atomic E-state index is 0.188. The van der Waals surface area contributed by atoms with E-state index in [9.17, 15) is 9.18 Å². The molecule has 0 radical (unpaired) electrons. The first-order valence-electron chi connectivity index (χ1n) is 5.58. The highest BCUT2D eigenvalue weighted by molar-refractivity contribution is 5.72. The van der Waals surface area contributed by atoms with E-state index in [1.807, 2.05) is 0 Å². The first-order chi connectivity index (χ1) is 9.06. The van der Waals surface area contributed by atoms with Gasteiger partial charge in [0, 0.05) is 18.8 Å². The van der Waals surface area contributed by atoms with Crippen molar-refractivity contribution in [1.82, 2.24) is 9.97 Å². The van der Waals surface area contributed by atoms with Crippen molar-refractivity contribution in [1.29, 1.82) is 0 Å². The van der Waals surface area contributed by atoms with Gasteiger partial charge in [0.25, 0.3) is 0 Å². The fourth-order valence-electron chi connectivity index (χ4n) is 1.59. The maximum atomic E-state index is 12.8. The minimum Gasteiger partial charge on any atom is -0.480 e. The molecular formula is C13H12FN3O2. The number of anilines is 1. The first-order valence-corrected chi connectivity index (χ1v) is 5.58. The van der Waals surface area contributed by atoms with Crippen LogP contribution in [-0.2, 0) is 4.79 Å². The lowest BCUT2D eigenvalue weighted by molar-refractivity contribution is -0.135. The number of benzene rings is 1. The molecule has 19 heavy (non-hydrogen) atoms. The maximum absolute atomic E-state index is 12.8. The van der Waals surface area contributed by atoms with Crippen molar-refractivity contribution in [2.45, 2.75) is 0 Å². The number of carboxylic acid groups (broad SMARTS) is 1. The van der Waals surface area contributed by atoms with Gasteiger partial charge in [0.2, 0.25) is 5.95 Å². The van der Waals surface area contributed by atoms with E-state index in [4.69, 9.17) is 5.11 Å². The lowest BCUT2D eigenvalue weighted by Gasteiger charge is -2.14. The molecular weight excluding hydrogens is 249 g/mol. The zero-order valence-corrected chi connectivity index (χ0v) is 10.2. The Morgan fingerprint density at radius 1 is 1.32 bits per heavy atom. The highest BCUT2D eigenvalue weighted by atomic mass is 19.1. The van der Waals surface area contributed by atoms with Crippen LogP contribution in [0, 0.1) is 5.82 Å². The molecule has 6 heteroatoms. The van der Waals surface area contributed by atoms with Crippen LogP contribution in [0.4, 0.5) is 10.3 Å². The molecule has 0 spiro atoms. The first kappa shape index (κ1) is 12.9. The van der Waals surface area contributed by atoms with Gasteiger partial charge in [0.05, 0.1) is 5.69 Å². The summed E-state index contributed by atoms with van der Waals surface area (Å²) in [6, 6.07) is 7.60. The van der Waals surface area contributed by atoms with Gasteiger partial charge in [-0.25, -0.2) is 14.4 Å². The van der Waals surface area contributed by atoms with Crippen LogP contribution in [0.25, 0.3) is 11.3 Å². The number of carbonyl (C=O) groups is 1. The SMILES string of the molecule is CN(CC(=O)O)c1nccc(-c2ccc(F)cc2)n1. The summed E-state index contributed by atoms with van der Waals surface area (Å²) >= 11 is 0. The molecule has 0 fully saturated rings. The highest BCUT2D eigenvalue weighted by Crippen LogP contribution is 2.18. The Bertz CT molecular complexity index is 587. The summed E-state index contributed by atoms with van der Waals surface area (Å²) in [6.07, 6.45) is 1.54. The second-order valence-electron chi connectivity index (χ2n) is 4.00. The van der Waals surface area contributed by atoms with Crippen molar-refractivity contribution < 1.29 is 14.3 Å². The van der Waals surface area contributed by atoms with Gasteiger partial charge in [-0.3, -0.25) is 4.79 Å². The molecule has 0 unspecified atom stereocenters. The molecule has 1 N–H and O–H groups in total. The van der Waals surface area contributed by atoms with Crippen LogP contribution < -0.4 is 4.90 Å². The zero-order chi connectivity index (χ0) is 13.8. The molecule has 0 saturated heterocycles. The van der Waals surface area contributed by atoms with Gasteiger partial charge in [0.1, 0.15) is 12.4 Å². The molecule has 1 aromatic carbocycles. The van der Waals surface area contributed by atoms with Gasteiger partial charge in [0.15, 0.2) is 0 Å². The quantitative estimate of drug-likeness (QED) is 0.909. The highest BCUT2D eigenvalue weighted by Gasteiger charge is 2.09. The van der Waals surface area contributed by atoms with E-state index in [1.54, 1.807) is 31.4 Å². The number of rotatable bonds is 4. The number of aliphatic carboxylic acids is 1. The Kier molecular flexibility index (Phi) is 3.70. The average molecular weight is 261 g/mol. The Morgan fingerprint density at radius 3 is 2.63 bits per heavy atom. The number of likely N-dealkylation sites (N-methyl/N-ethyl adjacent to an activating group) is 1. The number of nitrogens with zero attached hydrogens (tertiary/aromatic N) is 3. The van der Waals surface area contributed by atoms with Gasteiger partial charge in [-0.1, -0.05) is 0 Å². The van der Waals surface area contributed by atoms with Gasteiger partial charge in [-0.05, 0) is 30.3 Å². The second-order valence-corrected chi connectivity index (χ2v) is 4.00. The molecule has 5 nitrogen and oxygen atoms in total. The molecule has 1 heterocycles. The fourth-order valence-corrected chi connectivity index (χ4v) is 1.59. The van der Waals surface area contributed by atoms with Crippen LogP contribution in [0.15, 0.2) is 36.5 Å². The predicted molar refractivity (Wildman–Crippen MR) is 68.3 cm³/mol. The van der Waals surface area contributed by atoms with Crippen molar-refractivity contribution in [3.8, 4) is 11.3 Å². The van der Waals surface area contributed by atoms with E-state index >= 15 is 0 Å². The Morgan fingerprint density at radius 2 is 2.00 bits per heavy atom. The van der Waals surface area contributed by atoms with Crippen molar-refractivity contribution in [2.24, 2.45) is 0 Å². The molecule has 0 amide bonds. The number of aromatic nitrogens is 2. The maximum Gasteiger partial charge on any atom is 0.323 e. The standard InChI is InChI=1S/C13H12FN3O2/c1-17(8-12(18)19)13-15-7-6-11(16-13)9-2-4-10(14)5-3-9/h2-7H,8H2,1H3,(H,18,19). The molecule has 98 valence electrons. The Labute approximate surface area is 109 Å². The molecule has 2 rings (SSSR count). The lowest BCUT2D eigenvalue weighted by atomic mass is 10.1. The second kappa shape index (κ2) is 5.43. The normalized spacial score (nSPS) is 10.2. The summed E-state index contributed by atoms with van der Waals surface area (Å²) in [4.78, 5) is 20.3. The molecule has 0 atom stereocenters. The monoisotopic (exact) mass is 261 g/mol. The van der Waals surface area contributed by atoms with Gasteiger partial charge < -0.3 is 10.0 Å². The lowest BCUT2D eigenvalue weighted by Crippen LogP contribution is -2.26. The van der Waals surface area contributed by atoms with E-state index in [-0.39, 0.29) is 12.4 Å². The third-order valence-corrected chi connectivity index (χ3v) is 2.50. The summed E-state index contributed by atoms with van der Waals surface area (Å²) in [6.45, 7) is -0.188. The molecule has 0 aliphatic heterocycles. The summed E-state index contributed by atoms with van der Waals surface area (Å²) < 4.78 is 12.8. The van der Waals surface area contributed by atoms with Gasteiger partial charge >= 0.3 is 5.97 Å². The minimum atomic E-state index is -0.960. The molecule has 0 saturated carbocycles. The number of hydrogen-bond acceptors (Lipinski definition) is 4. The number of hydrogen-bond donors (Lipinski definition) is 1. The van der Waals surface area contributed by atoms with E-state index in [0.717, 1.165) is 5.56 Å². The van der Waals surface area contributed by atoms with Crippen LogP contribution in [0.5, 0.6) is 0 Å². The average Bonchev–Trinajstić information content (AvgIpc) is 2.39. The smallest absolute Gasteiger partial charge is 0.323 e. The van der Waals surface area contributed by atoms with Gasteiger partial charge in [-0.15, -0.1) is 0 Å². The predicted octanol–water partition coefficient (Wildman–Crippen LogP) is 1.80. The number of halogens is 1. The molecule has 0 aliphatic rings. The van der Waals surface area contributed by atoms with E-state index in [2.05, 4.69) is 9.97 Å². The summed E-state index contributed by atoms with van der Waals surface area (Å²) in [5.74, 6) is -0.969. The largest absolute Gasteiger partial charge is 0.480 e. The third kappa shape index (κ3) is 3.25. The van der Waals surface area contributed by atoms with Crippen molar-refractivity contribution in [2.75, 3.05) is 18.5 Å². The Balaban J connectivity index is 2.28. The third-order valence-electron chi connectivity index (χ3n) is 2.50. The molecule has 0 aliphatic carbocycles. The Hall–Kier alpha value is -2.50. The fraction of sp³-hybridized carbons (Fsp3) is 0.154. The van der Waals surface area contributed by atoms with E-state index in [0.29, 0.717) is 11.6 Å². The summed E-state index contributed by atoms with van der Waals surface area (Å²) in [5, 5.41) is 8.72. The molecule has 2 aromatic rings.